The molecule has 1 rings (SSSR count). The Bertz CT molecular complexity index is 568. The molecule has 128 valence electrons. The van der Waals surface area contributed by atoms with Crippen LogP contribution in [0, 0.1) is 6.92 Å². The van der Waals surface area contributed by atoms with E-state index < -0.39 is 23.9 Å². The molecule has 0 unspecified atom stereocenters. The zero-order valence-corrected chi connectivity index (χ0v) is 11.8. The minimum Gasteiger partial charge on any atom is -0.326 e. The SMILES string of the molecule is CC(=O)Nc1ccccc1C.O=C(C(=O)C(F)(F)F)C(F)(F)F. The Kier molecular flexibility index (Phi) is 6.94. The Labute approximate surface area is 126 Å². The lowest BCUT2D eigenvalue weighted by atomic mass is 10.2. The van der Waals surface area contributed by atoms with Gasteiger partial charge in [0.1, 0.15) is 0 Å². The summed E-state index contributed by atoms with van der Waals surface area (Å²) in [5, 5.41) is 2.73. The van der Waals surface area contributed by atoms with Gasteiger partial charge in [-0.2, -0.15) is 26.3 Å². The topological polar surface area (TPSA) is 63.2 Å². The third kappa shape index (κ3) is 7.43. The Balaban J connectivity index is 0.000000422. The number of Topliss-reactive ketones (excluding diaryl/α,β-unsaturated/α-hetero) is 2. The van der Waals surface area contributed by atoms with Crippen LogP contribution in [0.4, 0.5) is 32.0 Å². The Hall–Kier alpha value is -2.39. The molecule has 10 heteroatoms. The molecular formula is C13H11F6NO3. The average molecular weight is 343 g/mol. The van der Waals surface area contributed by atoms with E-state index in [4.69, 9.17) is 0 Å². The van der Waals surface area contributed by atoms with Crippen molar-refractivity contribution in [3.8, 4) is 0 Å². The molecule has 0 radical (unpaired) electrons. The predicted molar refractivity (Wildman–Crippen MR) is 67.6 cm³/mol. The van der Waals surface area contributed by atoms with Gasteiger partial charge >= 0.3 is 23.9 Å². The van der Waals surface area contributed by atoms with Crippen molar-refractivity contribution < 1.29 is 40.7 Å². The number of amides is 1. The normalized spacial score (nSPS) is 11.1. The molecule has 0 fully saturated rings. The average Bonchev–Trinajstić information content (AvgIpc) is 2.38. The number of hydrogen-bond donors (Lipinski definition) is 1. The van der Waals surface area contributed by atoms with Crippen LogP contribution in [0.25, 0.3) is 0 Å². The number of aryl methyl sites for hydroxylation is 1. The fourth-order valence-electron chi connectivity index (χ4n) is 1.16. The van der Waals surface area contributed by atoms with Gasteiger partial charge in [-0.05, 0) is 18.6 Å². The summed E-state index contributed by atoms with van der Waals surface area (Å²) in [6.07, 6.45) is -11.5. The summed E-state index contributed by atoms with van der Waals surface area (Å²) >= 11 is 0. The van der Waals surface area contributed by atoms with Gasteiger partial charge in [-0.1, -0.05) is 18.2 Å². The van der Waals surface area contributed by atoms with E-state index in [-0.39, 0.29) is 5.91 Å². The number of ketones is 2. The molecule has 1 aromatic carbocycles. The Morgan fingerprint density at radius 3 is 1.57 bits per heavy atom. The van der Waals surface area contributed by atoms with Crippen molar-refractivity contribution in [1.29, 1.82) is 0 Å². The van der Waals surface area contributed by atoms with Crippen molar-refractivity contribution in [2.45, 2.75) is 26.2 Å². The van der Waals surface area contributed by atoms with Crippen LogP contribution in [-0.4, -0.2) is 29.8 Å². The summed E-state index contributed by atoms with van der Waals surface area (Å²) in [5.74, 6) is -6.84. The van der Waals surface area contributed by atoms with E-state index in [1.807, 2.05) is 31.2 Å². The van der Waals surface area contributed by atoms with Crippen molar-refractivity contribution in [1.82, 2.24) is 0 Å². The van der Waals surface area contributed by atoms with Crippen LogP contribution in [0.2, 0.25) is 0 Å². The number of anilines is 1. The monoisotopic (exact) mass is 343 g/mol. The molecule has 0 aromatic heterocycles. The van der Waals surface area contributed by atoms with Gasteiger partial charge in [-0.25, -0.2) is 0 Å². The van der Waals surface area contributed by atoms with E-state index in [2.05, 4.69) is 5.32 Å². The van der Waals surface area contributed by atoms with Crippen molar-refractivity contribution in [2.24, 2.45) is 0 Å². The number of benzene rings is 1. The molecule has 4 nitrogen and oxygen atoms in total. The fourth-order valence-corrected chi connectivity index (χ4v) is 1.16. The molecule has 0 saturated carbocycles. The second-order valence-corrected chi connectivity index (χ2v) is 4.15. The van der Waals surface area contributed by atoms with Gasteiger partial charge in [0.05, 0.1) is 0 Å². The van der Waals surface area contributed by atoms with Crippen molar-refractivity contribution >= 4 is 23.2 Å². The molecule has 23 heavy (non-hydrogen) atoms. The Morgan fingerprint density at radius 1 is 0.870 bits per heavy atom. The highest BCUT2D eigenvalue weighted by Gasteiger charge is 2.54. The van der Waals surface area contributed by atoms with E-state index in [0.717, 1.165) is 11.3 Å². The van der Waals surface area contributed by atoms with Crippen LogP contribution >= 0.6 is 0 Å². The number of alkyl halides is 6. The van der Waals surface area contributed by atoms with Crippen LogP contribution in [0.15, 0.2) is 24.3 Å². The predicted octanol–water partition coefficient (Wildman–Crippen LogP) is 3.20. The molecule has 1 amide bonds. The highest BCUT2D eigenvalue weighted by atomic mass is 19.4. The van der Waals surface area contributed by atoms with E-state index in [9.17, 15) is 40.7 Å². The van der Waals surface area contributed by atoms with Gasteiger partial charge in [0.25, 0.3) is 0 Å². The number of hydrogen-bond acceptors (Lipinski definition) is 3. The van der Waals surface area contributed by atoms with E-state index in [1.54, 1.807) is 0 Å². The highest BCUT2D eigenvalue weighted by molar-refractivity contribution is 6.41. The molecule has 0 aliphatic heterocycles. The molecule has 1 N–H and O–H groups in total. The van der Waals surface area contributed by atoms with E-state index >= 15 is 0 Å². The lowest BCUT2D eigenvalue weighted by Crippen LogP contribution is -2.39. The molecule has 0 spiro atoms. The van der Waals surface area contributed by atoms with Crippen LogP contribution in [-0.2, 0) is 14.4 Å². The van der Waals surface area contributed by atoms with Crippen LogP contribution in [0.5, 0.6) is 0 Å². The molecule has 0 saturated heterocycles. The molecule has 1 aromatic rings. The van der Waals surface area contributed by atoms with Crippen molar-refractivity contribution in [3.05, 3.63) is 29.8 Å². The summed E-state index contributed by atoms with van der Waals surface area (Å²) < 4.78 is 67.0. The van der Waals surface area contributed by atoms with Gasteiger partial charge in [0.15, 0.2) is 0 Å². The summed E-state index contributed by atoms with van der Waals surface area (Å²) in [6, 6.07) is 7.70. The lowest BCUT2D eigenvalue weighted by Gasteiger charge is -2.05. The van der Waals surface area contributed by atoms with E-state index in [1.165, 1.54) is 6.92 Å². The van der Waals surface area contributed by atoms with Crippen molar-refractivity contribution in [2.75, 3.05) is 5.32 Å². The maximum Gasteiger partial charge on any atom is 0.458 e. The second-order valence-electron chi connectivity index (χ2n) is 4.15. The van der Waals surface area contributed by atoms with Crippen molar-refractivity contribution in [3.63, 3.8) is 0 Å². The summed E-state index contributed by atoms with van der Waals surface area (Å²) in [5.41, 5.74) is 1.97. The van der Waals surface area contributed by atoms with Gasteiger partial charge in [-0.15, -0.1) is 0 Å². The van der Waals surface area contributed by atoms with Gasteiger partial charge in [0, 0.05) is 12.6 Å². The summed E-state index contributed by atoms with van der Waals surface area (Å²) in [7, 11) is 0. The third-order valence-corrected chi connectivity index (χ3v) is 2.18. The number of para-hydroxylation sites is 1. The van der Waals surface area contributed by atoms with Gasteiger partial charge < -0.3 is 5.32 Å². The summed E-state index contributed by atoms with van der Waals surface area (Å²) in [6.45, 7) is 3.47. The molecule has 0 bridgehead atoms. The first-order valence-electron chi connectivity index (χ1n) is 5.82. The number of nitrogens with one attached hydrogen (secondary N) is 1. The van der Waals surface area contributed by atoms with Gasteiger partial charge in [-0.3, -0.25) is 14.4 Å². The number of halogens is 6. The molecule has 0 aliphatic rings. The van der Waals surface area contributed by atoms with Crippen LogP contribution < -0.4 is 5.32 Å². The highest BCUT2D eigenvalue weighted by Crippen LogP contribution is 2.24. The first-order chi connectivity index (χ1) is 10.3. The first kappa shape index (κ1) is 20.6. The van der Waals surface area contributed by atoms with Gasteiger partial charge in [0.2, 0.25) is 5.91 Å². The maximum absolute atomic E-state index is 11.2. The fraction of sp³-hybridized carbons (Fsp3) is 0.308. The standard InChI is InChI=1S/C9H11NO.C4F6O2/c1-7-5-3-4-6-9(7)10-8(2)11;5-3(6,7)1(11)2(12)4(8,9)10/h3-6H,1-2H3,(H,10,11);. The first-order valence-corrected chi connectivity index (χ1v) is 5.82. The largest absolute Gasteiger partial charge is 0.458 e. The second kappa shape index (κ2) is 7.75. The minimum absolute atomic E-state index is 0.0284. The molecular weight excluding hydrogens is 332 g/mol. The molecule has 0 atom stereocenters. The quantitative estimate of drug-likeness (QED) is 0.663. The number of carbonyl (C=O) groups excluding carboxylic acids is 3. The molecule has 0 aliphatic carbocycles. The summed E-state index contributed by atoms with van der Waals surface area (Å²) in [4.78, 5) is 29.9. The number of carbonyl (C=O) groups is 3. The van der Waals surface area contributed by atoms with Crippen LogP contribution in [0.3, 0.4) is 0 Å². The molecule has 0 heterocycles. The zero-order valence-electron chi connectivity index (χ0n) is 11.8. The van der Waals surface area contributed by atoms with E-state index in [0.29, 0.717) is 0 Å². The Morgan fingerprint density at radius 2 is 1.26 bits per heavy atom. The third-order valence-electron chi connectivity index (χ3n) is 2.18. The smallest absolute Gasteiger partial charge is 0.326 e. The maximum atomic E-state index is 11.2. The lowest BCUT2D eigenvalue weighted by molar-refractivity contribution is -0.193. The zero-order chi connectivity index (χ0) is 18.4. The minimum atomic E-state index is -5.77. The van der Waals surface area contributed by atoms with Crippen LogP contribution in [0.1, 0.15) is 12.5 Å². The number of rotatable bonds is 2.